The fourth-order valence-electron chi connectivity index (χ4n) is 3.48. The number of amides is 4. The van der Waals surface area contributed by atoms with Gasteiger partial charge in [0.2, 0.25) is 11.8 Å². The molecule has 1 aromatic heterocycles. The highest BCUT2D eigenvalue weighted by Gasteiger charge is 2.36. The van der Waals surface area contributed by atoms with E-state index >= 15 is 0 Å². The van der Waals surface area contributed by atoms with Crippen molar-refractivity contribution in [3.8, 4) is 5.75 Å². The Labute approximate surface area is 193 Å². The summed E-state index contributed by atoms with van der Waals surface area (Å²) in [6, 6.07) is 14.1. The van der Waals surface area contributed by atoms with Crippen LogP contribution in [0.1, 0.15) is 5.56 Å². The molecule has 0 aliphatic carbocycles. The molecule has 168 valence electrons. The van der Waals surface area contributed by atoms with Gasteiger partial charge in [-0.1, -0.05) is 18.2 Å². The van der Waals surface area contributed by atoms with Gasteiger partial charge in [-0.05, 0) is 48.2 Å². The van der Waals surface area contributed by atoms with Gasteiger partial charge < -0.3 is 20.4 Å². The lowest BCUT2D eigenvalue weighted by atomic mass is 10.1. The first-order valence-electron chi connectivity index (χ1n) is 9.91. The molecule has 0 unspecified atom stereocenters. The standard InChI is InChI=1S/C23H20N4O5S/c1-32-16-8-6-15(7-9-16)25-21(29)13-27-22(30)19(33-23(27)31)10-14-11-26(12-20(24)28)18-5-3-2-4-17(14)18/h2-11H,12-13H2,1H3,(H2,24,28)(H,25,29). The lowest BCUT2D eigenvalue weighted by Crippen LogP contribution is -2.36. The number of nitrogens with two attached hydrogens (primary N) is 1. The highest BCUT2D eigenvalue weighted by Crippen LogP contribution is 2.34. The van der Waals surface area contributed by atoms with Crippen molar-refractivity contribution in [1.29, 1.82) is 0 Å². The van der Waals surface area contributed by atoms with Gasteiger partial charge in [0.15, 0.2) is 0 Å². The molecule has 1 saturated heterocycles. The number of imide groups is 1. The summed E-state index contributed by atoms with van der Waals surface area (Å²) < 4.78 is 6.76. The number of methoxy groups -OCH3 is 1. The number of rotatable bonds is 7. The third kappa shape index (κ3) is 4.75. The molecule has 3 N–H and O–H groups in total. The SMILES string of the molecule is COc1ccc(NC(=O)CN2C(=O)SC(=Cc3cn(CC(N)=O)c4ccccc34)C2=O)cc1. The van der Waals surface area contributed by atoms with Crippen LogP contribution < -0.4 is 15.8 Å². The maximum Gasteiger partial charge on any atom is 0.294 e. The number of nitrogens with one attached hydrogen (secondary N) is 1. The van der Waals surface area contributed by atoms with E-state index in [1.807, 2.05) is 24.3 Å². The second-order valence-corrected chi connectivity index (χ2v) is 8.23. The number of carbonyl (C=O) groups excluding carboxylic acids is 4. The molecule has 4 amide bonds. The van der Waals surface area contributed by atoms with E-state index in [-0.39, 0.29) is 11.4 Å². The molecule has 33 heavy (non-hydrogen) atoms. The molecule has 0 spiro atoms. The van der Waals surface area contributed by atoms with Gasteiger partial charge in [0.05, 0.1) is 12.0 Å². The number of primary amides is 1. The number of aromatic nitrogens is 1. The molecule has 1 aliphatic rings. The number of anilines is 1. The van der Waals surface area contributed by atoms with Crippen LogP contribution in [0.3, 0.4) is 0 Å². The van der Waals surface area contributed by atoms with E-state index in [4.69, 9.17) is 10.5 Å². The van der Waals surface area contributed by atoms with Gasteiger partial charge in [0.25, 0.3) is 11.1 Å². The number of para-hydroxylation sites is 1. The Morgan fingerprint density at radius 1 is 1.09 bits per heavy atom. The Morgan fingerprint density at radius 3 is 2.52 bits per heavy atom. The summed E-state index contributed by atoms with van der Waals surface area (Å²) in [6.07, 6.45) is 3.30. The molecule has 2 heterocycles. The van der Waals surface area contributed by atoms with Gasteiger partial charge in [-0.3, -0.25) is 24.1 Å². The number of hydrogen-bond acceptors (Lipinski definition) is 6. The number of hydrogen-bond donors (Lipinski definition) is 2. The summed E-state index contributed by atoms with van der Waals surface area (Å²) in [6.45, 7) is -0.418. The molecule has 10 heteroatoms. The first-order valence-corrected chi connectivity index (χ1v) is 10.7. The lowest BCUT2D eigenvalue weighted by molar-refractivity contribution is -0.127. The Bertz CT molecular complexity index is 1300. The summed E-state index contributed by atoms with van der Waals surface area (Å²) in [5, 5.41) is 2.93. The third-order valence-corrected chi connectivity index (χ3v) is 5.89. The van der Waals surface area contributed by atoms with Crippen LogP contribution >= 0.6 is 11.8 Å². The largest absolute Gasteiger partial charge is 0.497 e. The molecule has 2 aromatic carbocycles. The molecule has 3 aromatic rings. The Kier molecular flexibility index (Phi) is 6.18. The minimum absolute atomic E-state index is 0.0125. The lowest BCUT2D eigenvalue weighted by Gasteiger charge is -2.12. The summed E-state index contributed by atoms with van der Waals surface area (Å²) >= 11 is 0.763. The van der Waals surface area contributed by atoms with E-state index in [1.165, 1.54) is 7.11 Å². The van der Waals surface area contributed by atoms with Crippen LogP contribution in [0.5, 0.6) is 5.75 Å². The Morgan fingerprint density at radius 2 is 1.82 bits per heavy atom. The fraction of sp³-hybridized carbons (Fsp3) is 0.130. The zero-order chi connectivity index (χ0) is 23.5. The predicted octanol–water partition coefficient (Wildman–Crippen LogP) is 2.81. The van der Waals surface area contributed by atoms with Crippen molar-refractivity contribution in [2.75, 3.05) is 19.0 Å². The van der Waals surface area contributed by atoms with Gasteiger partial charge in [0.1, 0.15) is 18.8 Å². The summed E-state index contributed by atoms with van der Waals surface area (Å²) in [5.74, 6) is -0.907. The smallest absolute Gasteiger partial charge is 0.294 e. The maximum atomic E-state index is 12.9. The average molecular weight is 465 g/mol. The normalized spacial score (nSPS) is 14.8. The third-order valence-electron chi connectivity index (χ3n) is 4.98. The second kappa shape index (κ2) is 9.21. The molecular weight excluding hydrogens is 444 g/mol. The average Bonchev–Trinajstić information content (AvgIpc) is 3.26. The van der Waals surface area contributed by atoms with Crippen molar-refractivity contribution >= 4 is 57.4 Å². The van der Waals surface area contributed by atoms with Crippen LogP contribution in [0.15, 0.2) is 59.6 Å². The van der Waals surface area contributed by atoms with Crippen molar-refractivity contribution in [2.45, 2.75) is 6.54 Å². The van der Waals surface area contributed by atoms with Crippen molar-refractivity contribution in [3.05, 3.63) is 65.2 Å². The molecule has 0 bridgehead atoms. The van der Waals surface area contributed by atoms with E-state index in [1.54, 1.807) is 41.1 Å². The zero-order valence-corrected chi connectivity index (χ0v) is 18.4. The number of thioether (sulfide) groups is 1. The predicted molar refractivity (Wildman–Crippen MR) is 125 cm³/mol. The number of nitrogens with zero attached hydrogens (tertiary/aromatic N) is 2. The maximum absolute atomic E-state index is 12.9. The van der Waals surface area contributed by atoms with Gasteiger partial charge in [-0.15, -0.1) is 0 Å². The number of carbonyl (C=O) groups is 4. The molecule has 9 nitrogen and oxygen atoms in total. The highest BCUT2D eigenvalue weighted by atomic mass is 32.2. The van der Waals surface area contributed by atoms with E-state index in [0.29, 0.717) is 17.0 Å². The van der Waals surface area contributed by atoms with Crippen molar-refractivity contribution in [2.24, 2.45) is 5.73 Å². The Balaban J connectivity index is 1.52. The van der Waals surface area contributed by atoms with E-state index in [9.17, 15) is 19.2 Å². The molecule has 0 saturated carbocycles. The van der Waals surface area contributed by atoms with E-state index in [2.05, 4.69) is 5.32 Å². The van der Waals surface area contributed by atoms with Gasteiger partial charge in [0, 0.05) is 28.4 Å². The molecule has 4 rings (SSSR count). The number of fused-ring (bicyclic) bond motifs is 1. The molecule has 0 atom stereocenters. The topological polar surface area (TPSA) is 124 Å². The molecule has 1 fully saturated rings. The Hall–Kier alpha value is -4.05. The van der Waals surface area contributed by atoms with E-state index in [0.717, 1.165) is 27.6 Å². The number of ether oxygens (including phenoxy) is 1. The fourth-order valence-corrected chi connectivity index (χ4v) is 4.31. The van der Waals surface area contributed by atoms with Gasteiger partial charge >= 0.3 is 0 Å². The van der Waals surface area contributed by atoms with Crippen LogP contribution in [0.2, 0.25) is 0 Å². The first kappa shape index (κ1) is 22.2. The summed E-state index contributed by atoms with van der Waals surface area (Å²) in [4.78, 5) is 50.2. The zero-order valence-electron chi connectivity index (χ0n) is 17.6. The molecule has 0 radical (unpaired) electrons. The summed E-state index contributed by atoms with van der Waals surface area (Å²) in [7, 11) is 1.54. The van der Waals surface area contributed by atoms with Gasteiger partial charge in [-0.2, -0.15) is 0 Å². The van der Waals surface area contributed by atoms with Crippen LogP contribution in [0.4, 0.5) is 10.5 Å². The van der Waals surface area contributed by atoms with Crippen molar-refractivity contribution in [1.82, 2.24) is 9.47 Å². The monoisotopic (exact) mass is 464 g/mol. The van der Waals surface area contributed by atoms with Crippen LogP contribution in [-0.2, 0) is 20.9 Å². The quantitative estimate of drug-likeness (QED) is 0.518. The van der Waals surface area contributed by atoms with Crippen molar-refractivity contribution < 1.29 is 23.9 Å². The highest BCUT2D eigenvalue weighted by molar-refractivity contribution is 8.18. The second-order valence-electron chi connectivity index (χ2n) is 7.24. The minimum atomic E-state index is -0.554. The van der Waals surface area contributed by atoms with Crippen LogP contribution in [0, 0.1) is 0 Å². The van der Waals surface area contributed by atoms with E-state index < -0.39 is 29.5 Å². The van der Waals surface area contributed by atoms with Crippen molar-refractivity contribution in [3.63, 3.8) is 0 Å². The minimum Gasteiger partial charge on any atom is -0.497 e. The van der Waals surface area contributed by atoms with Crippen LogP contribution in [0.25, 0.3) is 17.0 Å². The molecular formula is C23H20N4O5S. The van der Waals surface area contributed by atoms with Gasteiger partial charge in [-0.25, -0.2) is 0 Å². The molecule has 1 aliphatic heterocycles. The number of benzene rings is 2. The first-order chi connectivity index (χ1) is 15.9. The van der Waals surface area contributed by atoms with Crippen LogP contribution in [-0.4, -0.2) is 46.1 Å². The summed E-state index contributed by atoms with van der Waals surface area (Å²) in [5.41, 5.74) is 7.30.